The molecule has 1 rings (SSSR count). The lowest BCUT2D eigenvalue weighted by Gasteiger charge is -2.25. The molecule has 1 amide bonds. The second-order valence-corrected chi connectivity index (χ2v) is 8.79. The summed E-state index contributed by atoms with van der Waals surface area (Å²) in [6.07, 6.45) is -0.805. The van der Waals surface area contributed by atoms with Gasteiger partial charge in [-0.3, -0.25) is 0 Å². The number of ether oxygens (including phenoxy) is 1. The maximum Gasteiger partial charge on any atom is 0.410 e. The van der Waals surface area contributed by atoms with E-state index in [1.807, 2.05) is 20.8 Å². The number of β-amino-alcohol motifs (C(OH)–C–C–N with tert-alkyl or cyclic N) is 1. The average molecular weight is 275 g/mol. The largest absolute Gasteiger partial charge is 0.444 e. The number of aliphatic hydroxyl groups excluding tert-OH is 1. The van der Waals surface area contributed by atoms with Gasteiger partial charge in [-0.15, -0.1) is 11.8 Å². The van der Waals surface area contributed by atoms with Crippen LogP contribution in [-0.2, 0) is 4.74 Å². The summed E-state index contributed by atoms with van der Waals surface area (Å²) in [6, 6.07) is 0. The molecule has 0 unspecified atom stereocenters. The molecule has 106 valence electrons. The van der Waals surface area contributed by atoms with Crippen LogP contribution in [0.15, 0.2) is 0 Å². The third-order valence-electron chi connectivity index (χ3n) is 2.39. The molecule has 1 aliphatic heterocycles. The molecule has 1 saturated heterocycles. The summed E-state index contributed by atoms with van der Waals surface area (Å²) in [5.74, 6) is 0. The van der Waals surface area contributed by atoms with E-state index >= 15 is 0 Å². The number of amides is 1. The lowest BCUT2D eigenvalue weighted by atomic mass is 10.2. The summed E-state index contributed by atoms with van der Waals surface area (Å²) in [4.78, 5) is 13.5. The van der Waals surface area contributed by atoms with Crippen molar-refractivity contribution in [3.8, 4) is 0 Å². The molecular formula is C13H25NO3S. The number of rotatable bonds is 1. The molecule has 1 N–H and O–H groups in total. The fourth-order valence-electron chi connectivity index (χ4n) is 1.80. The zero-order valence-electron chi connectivity index (χ0n) is 12.2. The van der Waals surface area contributed by atoms with Crippen molar-refractivity contribution >= 4 is 17.9 Å². The Morgan fingerprint density at radius 2 is 1.78 bits per heavy atom. The number of nitrogens with zero attached hydrogens (tertiary/aromatic N) is 1. The molecule has 0 aliphatic carbocycles. The second-order valence-electron chi connectivity index (χ2n) is 6.72. The van der Waals surface area contributed by atoms with E-state index < -0.39 is 11.7 Å². The molecule has 0 saturated carbocycles. The second kappa shape index (κ2) is 5.29. The standard InChI is InChI=1S/C13H25NO3S/c1-12(2,3)17-11(16)14-7-9(15)10(8-14)18-13(4,5)6/h9-10,15H,7-8H2,1-6H3/t9-,10-/m1/s1. The first-order valence-corrected chi connectivity index (χ1v) is 7.20. The van der Waals surface area contributed by atoms with Crippen molar-refractivity contribution in [2.45, 2.75) is 63.2 Å². The smallest absolute Gasteiger partial charge is 0.410 e. The van der Waals surface area contributed by atoms with Gasteiger partial charge in [-0.1, -0.05) is 20.8 Å². The molecule has 0 aromatic carbocycles. The first-order valence-electron chi connectivity index (χ1n) is 6.32. The van der Waals surface area contributed by atoms with E-state index in [1.54, 1.807) is 16.7 Å². The minimum atomic E-state index is -0.489. The van der Waals surface area contributed by atoms with Crippen molar-refractivity contribution in [3.63, 3.8) is 0 Å². The Labute approximate surface area is 114 Å². The molecule has 0 bridgehead atoms. The van der Waals surface area contributed by atoms with Gasteiger partial charge in [-0.25, -0.2) is 4.79 Å². The van der Waals surface area contributed by atoms with Crippen LogP contribution >= 0.6 is 11.8 Å². The van der Waals surface area contributed by atoms with Crippen LogP contribution in [0.5, 0.6) is 0 Å². The molecule has 0 aromatic rings. The third kappa shape index (κ3) is 5.06. The van der Waals surface area contributed by atoms with Crippen molar-refractivity contribution in [2.24, 2.45) is 0 Å². The molecule has 1 heterocycles. The monoisotopic (exact) mass is 275 g/mol. The molecule has 4 nitrogen and oxygen atoms in total. The average Bonchev–Trinajstić information content (AvgIpc) is 2.42. The van der Waals surface area contributed by atoms with Gasteiger partial charge in [-0.05, 0) is 20.8 Å². The number of likely N-dealkylation sites (tertiary alicyclic amines) is 1. The van der Waals surface area contributed by atoms with E-state index in [-0.39, 0.29) is 16.1 Å². The zero-order valence-corrected chi connectivity index (χ0v) is 13.0. The number of carbonyl (C=O) groups excluding carboxylic acids is 1. The highest BCUT2D eigenvalue weighted by Crippen LogP contribution is 2.33. The highest BCUT2D eigenvalue weighted by atomic mass is 32.2. The summed E-state index contributed by atoms with van der Waals surface area (Å²) >= 11 is 1.71. The van der Waals surface area contributed by atoms with Gasteiger partial charge in [-0.2, -0.15) is 0 Å². The predicted molar refractivity (Wildman–Crippen MR) is 74.9 cm³/mol. The van der Waals surface area contributed by atoms with E-state index in [0.29, 0.717) is 13.1 Å². The molecule has 2 atom stereocenters. The minimum absolute atomic E-state index is 0.0671. The van der Waals surface area contributed by atoms with Crippen LogP contribution in [0.3, 0.4) is 0 Å². The van der Waals surface area contributed by atoms with Crippen molar-refractivity contribution in [2.75, 3.05) is 13.1 Å². The van der Waals surface area contributed by atoms with Gasteiger partial charge in [0, 0.05) is 11.3 Å². The third-order valence-corrected chi connectivity index (χ3v) is 3.87. The molecule has 0 spiro atoms. The van der Waals surface area contributed by atoms with Gasteiger partial charge in [0.1, 0.15) is 5.60 Å². The van der Waals surface area contributed by atoms with Gasteiger partial charge in [0.2, 0.25) is 0 Å². The number of carbonyl (C=O) groups is 1. The summed E-state index contributed by atoms with van der Waals surface area (Å²) in [5.41, 5.74) is -0.489. The van der Waals surface area contributed by atoms with E-state index in [2.05, 4.69) is 20.8 Å². The van der Waals surface area contributed by atoms with Gasteiger partial charge in [0.15, 0.2) is 0 Å². The van der Waals surface area contributed by atoms with Gasteiger partial charge < -0.3 is 14.7 Å². The van der Waals surface area contributed by atoms with E-state index in [9.17, 15) is 9.90 Å². The van der Waals surface area contributed by atoms with Gasteiger partial charge in [0.05, 0.1) is 17.9 Å². The zero-order chi connectivity index (χ0) is 14.1. The van der Waals surface area contributed by atoms with Crippen LogP contribution in [0.2, 0.25) is 0 Å². The number of aliphatic hydroxyl groups is 1. The van der Waals surface area contributed by atoms with E-state index in [0.717, 1.165) is 0 Å². The van der Waals surface area contributed by atoms with Crippen molar-refractivity contribution in [1.82, 2.24) is 4.90 Å². The minimum Gasteiger partial charge on any atom is -0.444 e. The summed E-state index contributed by atoms with van der Waals surface area (Å²) < 4.78 is 5.39. The molecular weight excluding hydrogens is 250 g/mol. The maximum absolute atomic E-state index is 11.9. The van der Waals surface area contributed by atoms with E-state index in [4.69, 9.17) is 4.74 Å². The fourth-order valence-corrected chi connectivity index (χ4v) is 3.21. The van der Waals surface area contributed by atoms with Gasteiger partial charge in [0.25, 0.3) is 0 Å². The van der Waals surface area contributed by atoms with Crippen LogP contribution in [0, 0.1) is 0 Å². The fraction of sp³-hybridized carbons (Fsp3) is 0.923. The Balaban J connectivity index is 2.56. The van der Waals surface area contributed by atoms with Crippen molar-refractivity contribution < 1.29 is 14.6 Å². The van der Waals surface area contributed by atoms with Crippen LogP contribution in [0.25, 0.3) is 0 Å². The highest BCUT2D eigenvalue weighted by molar-refractivity contribution is 8.01. The number of hydrogen-bond donors (Lipinski definition) is 1. The van der Waals surface area contributed by atoms with Crippen LogP contribution in [0.4, 0.5) is 4.79 Å². The highest BCUT2D eigenvalue weighted by Gasteiger charge is 2.38. The number of hydrogen-bond acceptors (Lipinski definition) is 4. The van der Waals surface area contributed by atoms with Crippen molar-refractivity contribution in [1.29, 1.82) is 0 Å². The Morgan fingerprint density at radius 3 is 2.22 bits per heavy atom. The Kier molecular flexibility index (Phi) is 4.60. The topological polar surface area (TPSA) is 49.8 Å². The molecule has 1 fully saturated rings. The molecule has 18 heavy (non-hydrogen) atoms. The van der Waals surface area contributed by atoms with Gasteiger partial charge >= 0.3 is 6.09 Å². The summed E-state index contributed by atoms with van der Waals surface area (Å²) in [7, 11) is 0. The van der Waals surface area contributed by atoms with Crippen LogP contribution in [0.1, 0.15) is 41.5 Å². The lowest BCUT2D eigenvalue weighted by molar-refractivity contribution is 0.0270. The SMILES string of the molecule is CC(C)(C)OC(=O)N1C[C@@H](O)[C@H](SC(C)(C)C)C1. The Hall–Kier alpha value is -0.420. The maximum atomic E-state index is 11.9. The predicted octanol–water partition coefficient (Wildman–Crippen LogP) is 2.50. The first-order chi connectivity index (χ1) is 7.98. The molecule has 1 aliphatic rings. The normalized spacial score (nSPS) is 25.4. The molecule has 0 aromatic heterocycles. The van der Waals surface area contributed by atoms with E-state index in [1.165, 1.54) is 0 Å². The Morgan fingerprint density at radius 1 is 1.22 bits per heavy atom. The number of thioether (sulfide) groups is 1. The summed E-state index contributed by atoms with van der Waals surface area (Å²) in [6.45, 7) is 12.8. The summed E-state index contributed by atoms with van der Waals surface area (Å²) in [5, 5.41) is 10.1. The molecule has 0 radical (unpaired) electrons. The van der Waals surface area contributed by atoms with Crippen LogP contribution < -0.4 is 0 Å². The van der Waals surface area contributed by atoms with Crippen molar-refractivity contribution in [3.05, 3.63) is 0 Å². The lowest BCUT2D eigenvalue weighted by Crippen LogP contribution is -2.36. The quantitative estimate of drug-likeness (QED) is 0.799. The van der Waals surface area contributed by atoms with Crippen LogP contribution in [-0.4, -0.2) is 50.9 Å². The first kappa shape index (κ1) is 15.6. The molecule has 5 heteroatoms. The Bertz CT molecular complexity index is 306.